The van der Waals surface area contributed by atoms with E-state index in [0.717, 1.165) is 44.1 Å². The predicted molar refractivity (Wildman–Crippen MR) is 179 cm³/mol. The molecule has 8 heteroatoms. The van der Waals surface area contributed by atoms with Crippen LogP contribution in [-0.2, 0) is 16.1 Å². The molecule has 5 aromatic carbocycles. The molecule has 1 unspecified atom stereocenters. The van der Waals surface area contributed by atoms with Gasteiger partial charge in [-0.05, 0) is 70.3 Å². The van der Waals surface area contributed by atoms with Gasteiger partial charge in [-0.3, -0.25) is 4.79 Å². The average molecular weight is 623 g/mol. The molecule has 232 valence electrons. The molecule has 0 spiro atoms. The van der Waals surface area contributed by atoms with Gasteiger partial charge < -0.3 is 13.9 Å². The Labute approximate surface area is 270 Å². The molecule has 1 aliphatic heterocycles. The van der Waals surface area contributed by atoms with Gasteiger partial charge in [-0.25, -0.2) is 14.6 Å². The van der Waals surface area contributed by atoms with Crippen molar-refractivity contribution in [1.29, 1.82) is 0 Å². The van der Waals surface area contributed by atoms with Crippen LogP contribution >= 0.6 is 0 Å². The van der Waals surface area contributed by atoms with E-state index in [1.54, 1.807) is 30.3 Å². The molecule has 6 aromatic rings. The van der Waals surface area contributed by atoms with Crippen molar-refractivity contribution in [2.45, 2.75) is 26.0 Å². The van der Waals surface area contributed by atoms with Gasteiger partial charge in [0.15, 0.2) is 6.61 Å². The fourth-order valence-corrected chi connectivity index (χ4v) is 5.79. The number of esters is 1. The van der Waals surface area contributed by atoms with Crippen molar-refractivity contribution < 1.29 is 23.5 Å². The maximum Gasteiger partial charge on any atom is 0.338 e. The molecule has 0 radical (unpaired) electrons. The average Bonchev–Trinajstić information content (AvgIpc) is 3.56. The van der Waals surface area contributed by atoms with Crippen LogP contribution in [0, 0.1) is 6.92 Å². The van der Waals surface area contributed by atoms with Crippen LogP contribution in [0.25, 0.3) is 21.7 Å². The number of carbonyl (C=O) groups is 2. The number of ether oxygens (including phenoxy) is 2. The monoisotopic (exact) mass is 622 g/mol. The maximum atomic E-state index is 13.4. The number of hydrazone groups is 1. The van der Waals surface area contributed by atoms with Crippen LogP contribution in [0.15, 0.2) is 136 Å². The van der Waals surface area contributed by atoms with Gasteiger partial charge in [-0.2, -0.15) is 5.10 Å². The van der Waals surface area contributed by atoms with E-state index in [2.05, 4.69) is 24.3 Å². The molecule has 0 saturated carbocycles. The second-order valence-corrected chi connectivity index (χ2v) is 11.4. The minimum atomic E-state index is -0.611. The first-order valence-corrected chi connectivity index (χ1v) is 15.3. The van der Waals surface area contributed by atoms with E-state index >= 15 is 0 Å². The van der Waals surface area contributed by atoms with Crippen LogP contribution in [0.4, 0.5) is 0 Å². The van der Waals surface area contributed by atoms with Crippen molar-refractivity contribution in [3.63, 3.8) is 0 Å². The second kappa shape index (κ2) is 12.8. The number of fused-ring (bicyclic) bond motifs is 2. The van der Waals surface area contributed by atoms with Gasteiger partial charge in [-0.1, -0.05) is 78.9 Å². The number of aryl methyl sites for hydroxylation is 1. The Morgan fingerprint density at radius 1 is 0.851 bits per heavy atom. The van der Waals surface area contributed by atoms with Crippen molar-refractivity contribution in [2.75, 3.05) is 6.61 Å². The highest BCUT2D eigenvalue weighted by Gasteiger charge is 2.33. The highest BCUT2D eigenvalue weighted by molar-refractivity contribution is 6.05. The van der Waals surface area contributed by atoms with Crippen molar-refractivity contribution >= 4 is 39.3 Å². The molecule has 1 aromatic heterocycles. The zero-order valence-corrected chi connectivity index (χ0v) is 25.6. The normalized spacial score (nSPS) is 14.3. The smallest absolute Gasteiger partial charge is 0.338 e. The number of amides is 1. The Bertz CT molecular complexity index is 2210. The van der Waals surface area contributed by atoms with Gasteiger partial charge in [-0.15, -0.1) is 0 Å². The van der Waals surface area contributed by atoms with Crippen LogP contribution in [0.1, 0.15) is 45.1 Å². The molecule has 0 fully saturated rings. The molecule has 0 saturated heterocycles. The van der Waals surface area contributed by atoms with Gasteiger partial charge in [0.2, 0.25) is 0 Å². The summed E-state index contributed by atoms with van der Waals surface area (Å²) in [6.45, 7) is 1.65. The Morgan fingerprint density at radius 3 is 2.43 bits per heavy atom. The number of carbonyl (C=O) groups excluding carboxylic acids is 2. The Balaban J connectivity index is 1.00. The summed E-state index contributed by atoms with van der Waals surface area (Å²) in [4.78, 5) is 38.1. The number of hydrogen-bond donors (Lipinski definition) is 0. The lowest BCUT2D eigenvalue weighted by Crippen LogP contribution is -2.31. The standard InChI is InChI=1S/C39H30N2O6/c1-25-19-38(43)47-36-21-32(17-18-33(25)36)45-23-26-11-13-29(14-12-26)39(44)46-24-37(42)41-35(28-8-3-2-4-9-28)22-34(40-41)31-16-15-27-7-5-6-10-30(27)20-31/h2-21,35H,22-24H2,1H3. The summed E-state index contributed by atoms with van der Waals surface area (Å²) in [5, 5.41) is 9.24. The Morgan fingerprint density at radius 2 is 1.62 bits per heavy atom. The second-order valence-electron chi connectivity index (χ2n) is 11.4. The summed E-state index contributed by atoms with van der Waals surface area (Å²) in [6.07, 6.45) is 0.541. The number of benzene rings is 5. The van der Waals surface area contributed by atoms with E-state index < -0.39 is 24.1 Å². The zero-order chi connectivity index (χ0) is 32.3. The lowest BCUT2D eigenvalue weighted by Gasteiger charge is -2.21. The first kappa shape index (κ1) is 29.7. The largest absolute Gasteiger partial charge is 0.489 e. The van der Waals surface area contributed by atoms with Gasteiger partial charge >= 0.3 is 11.6 Å². The summed E-state index contributed by atoms with van der Waals surface area (Å²) in [5.41, 5.74) is 4.71. The molecule has 1 aliphatic rings. The van der Waals surface area contributed by atoms with Crippen LogP contribution < -0.4 is 10.4 Å². The Kier molecular flexibility index (Phi) is 8.06. The molecular formula is C39H30N2O6. The number of hydrogen-bond acceptors (Lipinski definition) is 7. The summed E-state index contributed by atoms with van der Waals surface area (Å²) in [7, 11) is 0. The molecule has 2 heterocycles. The minimum Gasteiger partial charge on any atom is -0.489 e. The molecule has 1 amide bonds. The van der Waals surface area contributed by atoms with Gasteiger partial charge in [0, 0.05) is 23.9 Å². The van der Waals surface area contributed by atoms with Crippen LogP contribution in [0.5, 0.6) is 5.75 Å². The third-order valence-corrected chi connectivity index (χ3v) is 8.28. The molecule has 0 aliphatic carbocycles. The number of rotatable bonds is 8. The minimum absolute atomic E-state index is 0.239. The lowest BCUT2D eigenvalue weighted by molar-refractivity contribution is -0.136. The molecule has 1 atom stereocenters. The molecule has 47 heavy (non-hydrogen) atoms. The summed E-state index contributed by atoms with van der Waals surface area (Å²) in [5.74, 6) is -0.468. The van der Waals surface area contributed by atoms with Gasteiger partial charge in [0.25, 0.3) is 5.91 Å². The molecule has 7 rings (SSSR count). The van der Waals surface area contributed by atoms with Crippen molar-refractivity contribution in [1.82, 2.24) is 5.01 Å². The van der Waals surface area contributed by atoms with Crippen LogP contribution in [0.2, 0.25) is 0 Å². The highest BCUT2D eigenvalue weighted by atomic mass is 16.5. The quantitative estimate of drug-likeness (QED) is 0.130. The van der Waals surface area contributed by atoms with E-state index in [9.17, 15) is 14.4 Å². The SMILES string of the molecule is Cc1cc(=O)oc2cc(OCc3ccc(C(=O)OCC(=O)N4N=C(c5ccc6ccccc6c5)CC4c4ccccc4)cc3)ccc12. The highest BCUT2D eigenvalue weighted by Crippen LogP contribution is 2.33. The zero-order valence-electron chi connectivity index (χ0n) is 25.6. The van der Waals surface area contributed by atoms with Crippen molar-refractivity contribution in [2.24, 2.45) is 5.10 Å². The molecule has 0 bridgehead atoms. The van der Waals surface area contributed by atoms with Crippen molar-refractivity contribution in [3.8, 4) is 5.75 Å². The number of nitrogens with zero attached hydrogens (tertiary/aromatic N) is 2. The molecule has 8 nitrogen and oxygen atoms in total. The van der Waals surface area contributed by atoms with Gasteiger partial charge in [0.05, 0.1) is 17.3 Å². The summed E-state index contributed by atoms with van der Waals surface area (Å²) in [6, 6.07) is 37.3. The summed E-state index contributed by atoms with van der Waals surface area (Å²) >= 11 is 0. The lowest BCUT2D eigenvalue weighted by atomic mass is 9.97. The fourth-order valence-electron chi connectivity index (χ4n) is 5.79. The first-order chi connectivity index (χ1) is 22.9. The first-order valence-electron chi connectivity index (χ1n) is 15.3. The third-order valence-electron chi connectivity index (χ3n) is 8.28. The molecule has 0 N–H and O–H groups in total. The van der Waals surface area contributed by atoms with E-state index in [4.69, 9.17) is 19.0 Å². The van der Waals surface area contributed by atoms with E-state index in [-0.39, 0.29) is 12.6 Å². The van der Waals surface area contributed by atoms with E-state index in [1.807, 2.05) is 67.6 Å². The van der Waals surface area contributed by atoms with Gasteiger partial charge in [0.1, 0.15) is 17.9 Å². The summed E-state index contributed by atoms with van der Waals surface area (Å²) < 4.78 is 16.6. The van der Waals surface area contributed by atoms with E-state index in [0.29, 0.717) is 23.3 Å². The maximum absolute atomic E-state index is 13.4. The predicted octanol–water partition coefficient (Wildman–Crippen LogP) is 7.37. The fraction of sp³-hybridized carbons (Fsp3) is 0.128. The molecular weight excluding hydrogens is 592 g/mol. The van der Waals surface area contributed by atoms with E-state index in [1.165, 1.54) is 11.1 Å². The Hall–Kier alpha value is -6.02. The van der Waals surface area contributed by atoms with Crippen molar-refractivity contribution in [3.05, 3.63) is 160 Å². The topological polar surface area (TPSA) is 98.4 Å². The van der Waals surface area contributed by atoms with Crippen LogP contribution in [0.3, 0.4) is 0 Å². The third kappa shape index (κ3) is 6.39. The van der Waals surface area contributed by atoms with Crippen LogP contribution in [-0.4, -0.2) is 29.2 Å².